The first kappa shape index (κ1) is 24.8. The van der Waals surface area contributed by atoms with Gasteiger partial charge < -0.3 is 15.0 Å². The van der Waals surface area contributed by atoms with E-state index in [0.717, 1.165) is 43.4 Å². The standard InChI is InChI=1S/C23H34N4O3S/c1-5-7-8-9-13-21(29)27(17(3)6-2)15-14-20(28)24-23-26-25-22(31-23)18-11-10-12-19(16-18)30-4/h10-12,16-17H,5-9,13-15H2,1-4H3,(H,24,26,28). The predicted octanol–water partition coefficient (Wildman–Crippen LogP) is 5.14. The van der Waals surface area contributed by atoms with E-state index in [1.54, 1.807) is 7.11 Å². The largest absolute Gasteiger partial charge is 0.497 e. The zero-order valence-electron chi connectivity index (χ0n) is 19.0. The Hall–Kier alpha value is -2.48. The van der Waals surface area contributed by atoms with E-state index < -0.39 is 0 Å². The minimum atomic E-state index is -0.166. The summed E-state index contributed by atoms with van der Waals surface area (Å²) in [5.41, 5.74) is 0.883. The second-order valence-corrected chi connectivity index (χ2v) is 8.58. The Labute approximate surface area is 189 Å². The molecule has 0 saturated carbocycles. The van der Waals surface area contributed by atoms with Crippen LogP contribution in [0.15, 0.2) is 24.3 Å². The fourth-order valence-electron chi connectivity index (χ4n) is 3.21. The van der Waals surface area contributed by atoms with Gasteiger partial charge >= 0.3 is 0 Å². The quantitative estimate of drug-likeness (QED) is 0.431. The number of nitrogens with one attached hydrogen (secondary N) is 1. The van der Waals surface area contributed by atoms with E-state index >= 15 is 0 Å². The number of unbranched alkanes of at least 4 members (excludes halogenated alkanes) is 3. The molecule has 1 aromatic carbocycles. The lowest BCUT2D eigenvalue weighted by molar-refractivity contribution is -0.133. The van der Waals surface area contributed by atoms with Gasteiger partial charge in [0.1, 0.15) is 10.8 Å². The fourth-order valence-corrected chi connectivity index (χ4v) is 3.96. The summed E-state index contributed by atoms with van der Waals surface area (Å²) in [4.78, 5) is 27.0. The van der Waals surface area contributed by atoms with E-state index in [2.05, 4.69) is 29.4 Å². The molecule has 0 spiro atoms. The maximum atomic E-state index is 12.7. The summed E-state index contributed by atoms with van der Waals surface area (Å²) in [5.74, 6) is 0.706. The van der Waals surface area contributed by atoms with E-state index in [1.807, 2.05) is 36.1 Å². The summed E-state index contributed by atoms with van der Waals surface area (Å²) in [6, 6.07) is 7.66. The van der Waals surface area contributed by atoms with Crippen molar-refractivity contribution < 1.29 is 14.3 Å². The van der Waals surface area contributed by atoms with Crippen LogP contribution in [0.2, 0.25) is 0 Å². The van der Waals surface area contributed by atoms with Crippen LogP contribution in [0.1, 0.15) is 65.7 Å². The lowest BCUT2D eigenvalue weighted by Gasteiger charge is -2.28. The van der Waals surface area contributed by atoms with E-state index in [9.17, 15) is 9.59 Å². The number of benzene rings is 1. The molecule has 2 amide bonds. The van der Waals surface area contributed by atoms with Gasteiger partial charge in [0.15, 0.2) is 0 Å². The summed E-state index contributed by atoms with van der Waals surface area (Å²) in [5, 5.41) is 12.2. The van der Waals surface area contributed by atoms with Crippen molar-refractivity contribution in [3.63, 3.8) is 0 Å². The number of hydrogen-bond donors (Lipinski definition) is 1. The number of hydrogen-bond acceptors (Lipinski definition) is 6. The first-order chi connectivity index (χ1) is 15.0. The van der Waals surface area contributed by atoms with E-state index in [4.69, 9.17) is 4.74 Å². The van der Waals surface area contributed by atoms with Crippen molar-refractivity contribution in [3.05, 3.63) is 24.3 Å². The molecule has 2 rings (SSSR count). The van der Waals surface area contributed by atoms with Crippen LogP contribution in [0.25, 0.3) is 10.6 Å². The smallest absolute Gasteiger partial charge is 0.227 e. The summed E-state index contributed by atoms with van der Waals surface area (Å²) >= 11 is 1.31. The molecule has 1 aromatic heterocycles. The Kier molecular flexibility index (Phi) is 10.4. The number of rotatable bonds is 13. The normalized spacial score (nSPS) is 11.7. The molecule has 170 valence electrons. The van der Waals surface area contributed by atoms with Gasteiger partial charge in [-0.3, -0.25) is 9.59 Å². The second kappa shape index (κ2) is 13.0. The maximum absolute atomic E-state index is 12.7. The maximum Gasteiger partial charge on any atom is 0.227 e. The molecule has 2 aromatic rings. The Morgan fingerprint density at radius 3 is 2.68 bits per heavy atom. The molecule has 0 saturated heterocycles. The van der Waals surface area contributed by atoms with Crippen LogP contribution >= 0.6 is 11.3 Å². The molecule has 0 fully saturated rings. The van der Waals surface area contributed by atoms with Crippen LogP contribution in [0.4, 0.5) is 5.13 Å². The SMILES string of the molecule is CCCCCCC(=O)N(CCC(=O)Nc1nnc(-c2cccc(OC)c2)s1)C(C)CC. The van der Waals surface area contributed by atoms with Gasteiger partial charge in [0.05, 0.1) is 7.11 Å². The highest BCUT2D eigenvalue weighted by molar-refractivity contribution is 7.18. The second-order valence-electron chi connectivity index (χ2n) is 7.60. The number of amides is 2. The highest BCUT2D eigenvalue weighted by Crippen LogP contribution is 2.28. The van der Waals surface area contributed by atoms with E-state index in [-0.39, 0.29) is 24.3 Å². The highest BCUT2D eigenvalue weighted by atomic mass is 32.1. The molecule has 0 aliphatic heterocycles. The zero-order chi connectivity index (χ0) is 22.6. The van der Waals surface area contributed by atoms with Gasteiger partial charge in [-0.05, 0) is 31.9 Å². The first-order valence-electron chi connectivity index (χ1n) is 11.1. The number of ether oxygens (including phenoxy) is 1. The number of carbonyl (C=O) groups is 2. The summed E-state index contributed by atoms with van der Waals surface area (Å²) in [6.07, 6.45) is 5.93. The molecule has 1 N–H and O–H groups in total. The van der Waals surface area contributed by atoms with Crippen LogP contribution in [0, 0.1) is 0 Å². The molecule has 0 aliphatic rings. The van der Waals surface area contributed by atoms with Crippen LogP contribution in [-0.4, -0.2) is 46.6 Å². The molecule has 8 heteroatoms. The van der Waals surface area contributed by atoms with Gasteiger partial charge in [-0.1, -0.05) is 56.6 Å². The summed E-state index contributed by atoms with van der Waals surface area (Å²) in [6.45, 7) is 6.66. The highest BCUT2D eigenvalue weighted by Gasteiger charge is 2.20. The third kappa shape index (κ3) is 7.94. The van der Waals surface area contributed by atoms with Crippen molar-refractivity contribution in [1.29, 1.82) is 0 Å². The number of carbonyl (C=O) groups excluding carboxylic acids is 2. The van der Waals surface area contributed by atoms with Crippen LogP contribution in [0.3, 0.4) is 0 Å². The average Bonchev–Trinajstić information content (AvgIpc) is 3.25. The number of methoxy groups -OCH3 is 1. The van der Waals surface area contributed by atoms with E-state index in [1.165, 1.54) is 11.3 Å². The zero-order valence-corrected chi connectivity index (χ0v) is 19.8. The molecular weight excluding hydrogens is 412 g/mol. The van der Waals surface area contributed by atoms with Crippen molar-refractivity contribution >= 4 is 28.3 Å². The lowest BCUT2D eigenvalue weighted by Crippen LogP contribution is -2.40. The summed E-state index contributed by atoms with van der Waals surface area (Å²) < 4.78 is 5.24. The van der Waals surface area contributed by atoms with Gasteiger partial charge in [0.25, 0.3) is 0 Å². The monoisotopic (exact) mass is 446 g/mol. The molecule has 1 heterocycles. The van der Waals surface area contributed by atoms with Crippen molar-refractivity contribution in [2.24, 2.45) is 0 Å². The van der Waals surface area contributed by atoms with Crippen molar-refractivity contribution in [3.8, 4) is 16.3 Å². The summed E-state index contributed by atoms with van der Waals surface area (Å²) in [7, 11) is 1.61. The molecule has 0 radical (unpaired) electrons. The Bertz CT molecular complexity index is 840. The van der Waals surface area contributed by atoms with Crippen molar-refractivity contribution in [2.45, 2.75) is 71.8 Å². The molecule has 31 heavy (non-hydrogen) atoms. The van der Waals surface area contributed by atoms with E-state index in [0.29, 0.717) is 23.1 Å². The first-order valence-corrected chi connectivity index (χ1v) is 11.9. The topological polar surface area (TPSA) is 84.4 Å². The third-order valence-corrected chi connectivity index (χ3v) is 6.14. The molecule has 7 nitrogen and oxygen atoms in total. The van der Waals surface area contributed by atoms with Crippen LogP contribution in [0.5, 0.6) is 5.75 Å². The van der Waals surface area contributed by atoms with Gasteiger partial charge in [-0.25, -0.2) is 0 Å². The Balaban J connectivity index is 1.90. The average molecular weight is 447 g/mol. The number of nitrogens with zero attached hydrogens (tertiary/aromatic N) is 3. The minimum absolute atomic E-state index is 0.118. The molecular formula is C23H34N4O3S. The van der Waals surface area contributed by atoms with Crippen molar-refractivity contribution in [1.82, 2.24) is 15.1 Å². The minimum Gasteiger partial charge on any atom is -0.497 e. The number of anilines is 1. The number of aromatic nitrogens is 2. The van der Waals surface area contributed by atoms with Gasteiger partial charge in [-0.15, -0.1) is 10.2 Å². The molecule has 1 unspecified atom stereocenters. The predicted molar refractivity (Wildman–Crippen MR) is 125 cm³/mol. The van der Waals surface area contributed by atoms with Gasteiger partial charge in [-0.2, -0.15) is 0 Å². The van der Waals surface area contributed by atoms with Crippen LogP contribution < -0.4 is 10.1 Å². The fraction of sp³-hybridized carbons (Fsp3) is 0.565. The Morgan fingerprint density at radius 1 is 1.16 bits per heavy atom. The van der Waals surface area contributed by atoms with Crippen molar-refractivity contribution in [2.75, 3.05) is 19.0 Å². The third-order valence-electron chi connectivity index (χ3n) is 5.26. The lowest BCUT2D eigenvalue weighted by atomic mass is 10.1. The van der Waals surface area contributed by atoms with Crippen LogP contribution in [-0.2, 0) is 9.59 Å². The van der Waals surface area contributed by atoms with Gasteiger partial charge in [0.2, 0.25) is 16.9 Å². The molecule has 0 aliphatic carbocycles. The van der Waals surface area contributed by atoms with Gasteiger partial charge in [0, 0.05) is 31.0 Å². The Morgan fingerprint density at radius 2 is 1.97 bits per heavy atom. The molecule has 0 bridgehead atoms. The molecule has 1 atom stereocenters.